The molecule has 1 aromatic carbocycles. The summed E-state index contributed by atoms with van der Waals surface area (Å²) in [6, 6.07) is 5.50. The molecule has 1 unspecified atom stereocenters. The second-order valence-corrected chi connectivity index (χ2v) is 8.51. The standard InChI is InChI=1S/C16H23NO4S/c1-12-6-8-13(9-7-12)22(20,21)17-11-5-4-10-16(2,3)14(17)15(18)19/h6-9,14H,4-5,10-11H2,1-3H3,(H,18,19). The molecule has 1 N–H and O–H groups in total. The number of hydrogen-bond donors (Lipinski definition) is 1. The zero-order valence-electron chi connectivity index (χ0n) is 13.2. The van der Waals surface area contributed by atoms with Crippen LogP contribution in [0.4, 0.5) is 0 Å². The Hall–Kier alpha value is -1.40. The number of hydrogen-bond acceptors (Lipinski definition) is 3. The van der Waals surface area contributed by atoms with Gasteiger partial charge in [0.25, 0.3) is 0 Å². The minimum Gasteiger partial charge on any atom is -0.480 e. The first kappa shape index (κ1) is 17.0. The van der Waals surface area contributed by atoms with Crippen molar-refractivity contribution >= 4 is 16.0 Å². The van der Waals surface area contributed by atoms with Crippen molar-refractivity contribution < 1.29 is 18.3 Å². The Bertz CT molecular complexity index is 649. The van der Waals surface area contributed by atoms with Crippen LogP contribution in [0.25, 0.3) is 0 Å². The lowest BCUT2D eigenvalue weighted by Crippen LogP contribution is -2.51. The first-order valence-electron chi connectivity index (χ1n) is 7.47. The van der Waals surface area contributed by atoms with E-state index in [1.165, 1.54) is 4.31 Å². The van der Waals surface area contributed by atoms with E-state index < -0.39 is 27.4 Å². The Labute approximate surface area is 132 Å². The first-order chi connectivity index (χ1) is 10.2. The average molecular weight is 325 g/mol. The van der Waals surface area contributed by atoms with Gasteiger partial charge in [-0.3, -0.25) is 4.79 Å². The molecular formula is C16H23NO4S. The van der Waals surface area contributed by atoms with Gasteiger partial charge in [0.2, 0.25) is 10.0 Å². The maximum Gasteiger partial charge on any atom is 0.322 e. The molecule has 0 bridgehead atoms. The molecule has 0 aliphatic carbocycles. The zero-order chi connectivity index (χ0) is 16.5. The molecule has 22 heavy (non-hydrogen) atoms. The summed E-state index contributed by atoms with van der Waals surface area (Å²) in [5, 5.41) is 9.62. The fourth-order valence-electron chi connectivity index (χ4n) is 3.07. The van der Waals surface area contributed by atoms with Gasteiger partial charge >= 0.3 is 5.97 Å². The third-order valence-corrected chi connectivity index (χ3v) is 6.22. The van der Waals surface area contributed by atoms with Gasteiger partial charge in [-0.05, 0) is 37.3 Å². The molecule has 1 saturated heterocycles. The summed E-state index contributed by atoms with van der Waals surface area (Å²) >= 11 is 0. The summed E-state index contributed by atoms with van der Waals surface area (Å²) < 4.78 is 27.0. The van der Waals surface area contributed by atoms with Gasteiger partial charge in [-0.25, -0.2) is 8.42 Å². The summed E-state index contributed by atoms with van der Waals surface area (Å²) in [4.78, 5) is 11.9. The van der Waals surface area contributed by atoms with Crippen molar-refractivity contribution in [2.24, 2.45) is 5.41 Å². The molecule has 0 spiro atoms. The second kappa shape index (κ2) is 6.01. The Kier molecular flexibility index (Phi) is 4.63. The van der Waals surface area contributed by atoms with Crippen LogP contribution in [-0.2, 0) is 14.8 Å². The number of aliphatic carboxylic acids is 1. The second-order valence-electron chi connectivity index (χ2n) is 6.62. The van der Waals surface area contributed by atoms with Crippen LogP contribution in [0.3, 0.4) is 0 Å². The molecule has 1 aliphatic heterocycles. The predicted octanol–water partition coefficient (Wildman–Crippen LogP) is 2.65. The number of carboxylic acids is 1. The smallest absolute Gasteiger partial charge is 0.322 e. The van der Waals surface area contributed by atoms with E-state index in [1.807, 2.05) is 20.8 Å². The SMILES string of the molecule is Cc1ccc(S(=O)(=O)N2CCCCC(C)(C)C2C(=O)O)cc1. The largest absolute Gasteiger partial charge is 0.480 e. The lowest BCUT2D eigenvalue weighted by molar-refractivity contribution is -0.145. The molecule has 1 aliphatic rings. The minimum atomic E-state index is -3.81. The molecule has 0 amide bonds. The van der Waals surface area contributed by atoms with E-state index in [0.717, 1.165) is 12.0 Å². The average Bonchev–Trinajstić information content (AvgIpc) is 2.57. The van der Waals surface area contributed by atoms with Crippen LogP contribution >= 0.6 is 0 Å². The Morgan fingerprint density at radius 1 is 1.23 bits per heavy atom. The van der Waals surface area contributed by atoms with Crippen LogP contribution in [0.5, 0.6) is 0 Å². The molecule has 2 rings (SSSR count). The number of carbonyl (C=O) groups is 1. The quantitative estimate of drug-likeness (QED) is 0.927. The van der Waals surface area contributed by atoms with E-state index in [0.29, 0.717) is 12.8 Å². The third-order valence-electron chi connectivity index (χ3n) is 4.34. The lowest BCUT2D eigenvalue weighted by Gasteiger charge is -2.36. The van der Waals surface area contributed by atoms with Crippen LogP contribution in [-0.4, -0.2) is 36.4 Å². The van der Waals surface area contributed by atoms with Gasteiger partial charge < -0.3 is 5.11 Å². The molecule has 1 fully saturated rings. The molecule has 122 valence electrons. The fraction of sp³-hybridized carbons (Fsp3) is 0.562. The molecule has 0 aromatic heterocycles. The summed E-state index contributed by atoms with van der Waals surface area (Å²) in [6.07, 6.45) is 2.21. The maximum atomic E-state index is 12.9. The van der Waals surface area contributed by atoms with Crippen LogP contribution in [0.15, 0.2) is 29.2 Å². The van der Waals surface area contributed by atoms with Crippen molar-refractivity contribution in [1.29, 1.82) is 0 Å². The normalized spacial score (nSPS) is 23.0. The molecule has 5 nitrogen and oxygen atoms in total. The highest BCUT2D eigenvalue weighted by Crippen LogP contribution is 2.37. The van der Waals surface area contributed by atoms with Gasteiger partial charge in [-0.1, -0.05) is 38.0 Å². The molecule has 0 radical (unpaired) electrons. The van der Waals surface area contributed by atoms with Gasteiger partial charge in [0, 0.05) is 6.54 Å². The third kappa shape index (κ3) is 3.17. The number of aryl methyl sites for hydroxylation is 1. The van der Waals surface area contributed by atoms with E-state index >= 15 is 0 Å². The highest BCUT2D eigenvalue weighted by molar-refractivity contribution is 7.89. The number of carboxylic acid groups (broad SMARTS) is 1. The van der Waals surface area contributed by atoms with E-state index in [9.17, 15) is 18.3 Å². The molecule has 1 atom stereocenters. The summed E-state index contributed by atoms with van der Waals surface area (Å²) in [6.45, 7) is 5.78. The summed E-state index contributed by atoms with van der Waals surface area (Å²) in [5.74, 6) is -1.08. The van der Waals surface area contributed by atoms with Gasteiger partial charge in [0.05, 0.1) is 4.90 Å². The molecule has 6 heteroatoms. The number of nitrogens with zero attached hydrogens (tertiary/aromatic N) is 1. The van der Waals surface area contributed by atoms with Crippen LogP contribution < -0.4 is 0 Å². The molecule has 0 saturated carbocycles. The molecule has 1 heterocycles. The number of sulfonamides is 1. The van der Waals surface area contributed by atoms with Crippen LogP contribution in [0.2, 0.25) is 0 Å². The Morgan fingerprint density at radius 3 is 2.36 bits per heavy atom. The minimum absolute atomic E-state index is 0.155. The van der Waals surface area contributed by atoms with E-state index in [1.54, 1.807) is 24.3 Å². The van der Waals surface area contributed by atoms with Crippen LogP contribution in [0, 0.1) is 12.3 Å². The van der Waals surface area contributed by atoms with E-state index in [-0.39, 0.29) is 11.4 Å². The lowest BCUT2D eigenvalue weighted by atomic mass is 9.81. The highest BCUT2D eigenvalue weighted by Gasteiger charge is 2.46. The Balaban J connectivity index is 2.50. The van der Waals surface area contributed by atoms with Gasteiger partial charge in [-0.2, -0.15) is 4.31 Å². The summed E-state index contributed by atoms with van der Waals surface area (Å²) in [7, 11) is -3.81. The van der Waals surface area contributed by atoms with Crippen molar-refractivity contribution in [3.8, 4) is 0 Å². The monoisotopic (exact) mass is 325 g/mol. The van der Waals surface area contributed by atoms with Gasteiger partial charge in [0.15, 0.2) is 0 Å². The number of benzene rings is 1. The van der Waals surface area contributed by atoms with E-state index in [4.69, 9.17) is 0 Å². The summed E-state index contributed by atoms with van der Waals surface area (Å²) in [5.41, 5.74) is 0.366. The highest BCUT2D eigenvalue weighted by atomic mass is 32.2. The van der Waals surface area contributed by atoms with Crippen LogP contribution in [0.1, 0.15) is 38.7 Å². The van der Waals surface area contributed by atoms with Crippen molar-refractivity contribution in [2.75, 3.05) is 6.54 Å². The van der Waals surface area contributed by atoms with E-state index in [2.05, 4.69) is 0 Å². The van der Waals surface area contributed by atoms with Gasteiger partial charge in [-0.15, -0.1) is 0 Å². The van der Waals surface area contributed by atoms with Gasteiger partial charge in [0.1, 0.15) is 6.04 Å². The predicted molar refractivity (Wildman–Crippen MR) is 84.1 cm³/mol. The first-order valence-corrected chi connectivity index (χ1v) is 8.91. The molecular weight excluding hydrogens is 302 g/mol. The fourth-order valence-corrected chi connectivity index (χ4v) is 4.84. The number of rotatable bonds is 3. The van der Waals surface area contributed by atoms with Crippen molar-refractivity contribution in [2.45, 2.75) is 51.0 Å². The van der Waals surface area contributed by atoms with Crippen molar-refractivity contribution in [1.82, 2.24) is 4.31 Å². The Morgan fingerprint density at radius 2 is 1.82 bits per heavy atom. The molecule has 1 aromatic rings. The topological polar surface area (TPSA) is 74.7 Å². The van der Waals surface area contributed by atoms with Crippen molar-refractivity contribution in [3.63, 3.8) is 0 Å². The van der Waals surface area contributed by atoms with Crippen molar-refractivity contribution in [3.05, 3.63) is 29.8 Å². The maximum absolute atomic E-state index is 12.9. The zero-order valence-corrected chi connectivity index (χ0v) is 14.1.